The number of anilines is 1. The van der Waals surface area contributed by atoms with Crippen LogP contribution in [0, 0.1) is 0 Å². The zero-order valence-corrected chi connectivity index (χ0v) is 11.0. The van der Waals surface area contributed by atoms with Crippen LogP contribution in [0.25, 0.3) is 0 Å². The van der Waals surface area contributed by atoms with Crippen molar-refractivity contribution < 1.29 is 0 Å². The summed E-state index contributed by atoms with van der Waals surface area (Å²) in [4.78, 5) is 0. The van der Waals surface area contributed by atoms with E-state index in [9.17, 15) is 0 Å². The molecule has 2 rings (SSSR count). The number of benzene rings is 1. The molecule has 0 aliphatic carbocycles. The maximum atomic E-state index is 3.70. The van der Waals surface area contributed by atoms with Gasteiger partial charge in [0.2, 0.25) is 0 Å². The van der Waals surface area contributed by atoms with Gasteiger partial charge in [-0.25, -0.2) is 0 Å². The van der Waals surface area contributed by atoms with Gasteiger partial charge in [0.15, 0.2) is 0 Å². The summed E-state index contributed by atoms with van der Waals surface area (Å²) in [5.41, 5.74) is 2.82. The van der Waals surface area contributed by atoms with Crippen LogP contribution in [0.5, 0.6) is 0 Å². The minimum atomic E-state index is 0.665. The Morgan fingerprint density at radius 1 is 1.38 bits per heavy atom. The fourth-order valence-corrected chi connectivity index (χ4v) is 3.43. The highest BCUT2D eigenvalue weighted by molar-refractivity contribution is 8.00. The Morgan fingerprint density at radius 2 is 2.19 bits per heavy atom. The highest BCUT2D eigenvalue weighted by atomic mass is 32.2. The van der Waals surface area contributed by atoms with Gasteiger partial charge in [-0.15, -0.1) is 0 Å². The van der Waals surface area contributed by atoms with E-state index < -0.39 is 0 Å². The molecule has 2 heteroatoms. The summed E-state index contributed by atoms with van der Waals surface area (Å²) < 4.78 is 0. The van der Waals surface area contributed by atoms with Gasteiger partial charge in [-0.2, -0.15) is 11.8 Å². The second-order valence-electron chi connectivity index (χ2n) is 4.63. The highest BCUT2D eigenvalue weighted by Gasteiger charge is 2.21. The molecule has 1 aliphatic rings. The van der Waals surface area contributed by atoms with Crippen molar-refractivity contribution in [2.24, 2.45) is 0 Å². The first-order chi connectivity index (χ1) is 7.79. The molecule has 0 spiro atoms. The van der Waals surface area contributed by atoms with E-state index in [1.54, 1.807) is 0 Å². The van der Waals surface area contributed by atoms with Crippen LogP contribution in [-0.4, -0.2) is 17.0 Å². The molecule has 1 saturated heterocycles. The van der Waals surface area contributed by atoms with Gasteiger partial charge < -0.3 is 5.32 Å². The molecule has 1 aromatic rings. The van der Waals surface area contributed by atoms with Gasteiger partial charge in [0.1, 0.15) is 0 Å². The highest BCUT2D eigenvalue weighted by Crippen LogP contribution is 2.29. The van der Waals surface area contributed by atoms with Crippen molar-refractivity contribution >= 4 is 17.4 Å². The summed E-state index contributed by atoms with van der Waals surface area (Å²) in [6.07, 6.45) is 3.69. The molecule has 16 heavy (non-hydrogen) atoms. The number of para-hydroxylation sites is 1. The lowest BCUT2D eigenvalue weighted by Crippen LogP contribution is -2.19. The van der Waals surface area contributed by atoms with Crippen molar-refractivity contribution in [2.75, 3.05) is 11.1 Å². The Labute approximate surface area is 103 Å². The van der Waals surface area contributed by atoms with E-state index in [1.807, 2.05) is 0 Å². The van der Waals surface area contributed by atoms with E-state index in [0.717, 1.165) is 5.25 Å². The average Bonchev–Trinajstić information content (AvgIpc) is 2.67. The molecule has 0 saturated carbocycles. The fourth-order valence-electron chi connectivity index (χ4n) is 2.29. The van der Waals surface area contributed by atoms with E-state index in [4.69, 9.17) is 0 Å². The molecule has 2 unspecified atom stereocenters. The monoisotopic (exact) mass is 235 g/mol. The van der Waals surface area contributed by atoms with Crippen LogP contribution >= 0.6 is 11.8 Å². The predicted molar refractivity (Wildman–Crippen MR) is 74.4 cm³/mol. The largest absolute Gasteiger partial charge is 0.381 e. The van der Waals surface area contributed by atoms with Gasteiger partial charge >= 0.3 is 0 Å². The summed E-state index contributed by atoms with van der Waals surface area (Å²) >= 11 is 2.08. The smallest absolute Gasteiger partial charge is 0.0375 e. The molecule has 1 nitrogen and oxygen atoms in total. The third-order valence-electron chi connectivity index (χ3n) is 3.09. The van der Waals surface area contributed by atoms with Crippen LogP contribution in [-0.2, 0) is 6.42 Å². The summed E-state index contributed by atoms with van der Waals surface area (Å²) in [5.74, 6) is 1.25. The second kappa shape index (κ2) is 5.62. The Kier molecular flexibility index (Phi) is 4.16. The molecule has 1 heterocycles. The Morgan fingerprint density at radius 3 is 2.88 bits per heavy atom. The molecule has 0 bridgehead atoms. The number of rotatable bonds is 4. The van der Waals surface area contributed by atoms with E-state index in [0.29, 0.717) is 6.04 Å². The van der Waals surface area contributed by atoms with Crippen LogP contribution in [0.1, 0.15) is 32.3 Å². The molecule has 2 atom stereocenters. The minimum absolute atomic E-state index is 0.665. The van der Waals surface area contributed by atoms with Gasteiger partial charge in [0.05, 0.1) is 0 Å². The first-order valence-electron chi connectivity index (χ1n) is 6.25. The van der Waals surface area contributed by atoms with E-state index in [1.165, 1.54) is 36.3 Å². The standard InChI is InChI=1S/C14H21NS/c1-3-6-12-7-4-5-8-14(12)15-13-9-11(2)16-10-13/h4-5,7-8,11,13,15H,3,6,9-10H2,1-2H3. The zero-order valence-electron chi connectivity index (χ0n) is 10.2. The van der Waals surface area contributed by atoms with Crippen molar-refractivity contribution in [1.29, 1.82) is 0 Å². The SMILES string of the molecule is CCCc1ccccc1NC1CSC(C)C1. The summed E-state index contributed by atoms with van der Waals surface area (Å²) in [7, 11) is 0. The lowest BCUT2D eigenvalue weighted by atomic mass is 10.1. The molecule has 1 N–H and O–H groups in total. The van der Waals surface area contributed by atoms with Gasteiger partial charge in [-0.05, 0) is 24.5 Å². The van der Waals surface area contributed by atoms with Gasteiger partial charge in [0, 0.05) is 22.7 Å². The summed E-state index contributed by atoms with van der Waals surface area (Å²) in [6.45, 7) is 4.56. The Balaban J connectivity index is 2.02. The van der Waals surface area contributed by atoms with Gasteiger partial charge in [0.25, 0.3) is 0 Å². The van der Waals surface area contributed by atoms with Crippen molar-refractivity contribution in [3.8, 4) is 0 Å². The van der Waals surface area contributed by atoms with E-state index >= 15 is 0 Å². The van der Waals surface area contributed by atoms with Crippen molar-refractivity contribution in [1.82, 2.24) is 0 Å². The van der Waals surface area contributed by atoms with Crippen molar-refractivity contribution in [3.63, 3.8) is 0 Å². The molecule has 1 aromatic carbocycles. The predicted octanol–water partition coefficient (Wildman–Crippen LogP) is 3.95. The number of hydrogen-bond acceptors (Lipinski definition) is 2. The minimum Gasteiger partial charge on any atom is -0.381 e. The lowest BCUT2D eigenvalue weighted by Gasteiger charge is -2.16. The fraction of sp³-hybridized carbons (Fsp3) is 0.571. The Bertz CT molecular complexity index is 337. The average molecular weight is 235 g/mol. The molecular formula is C14H21NS. The number of nitrogens with one attached hydrogen (secondary N) is 1. The summed E-state index contributed by atoms with van der Waals surface area (Å²) in [5, 5.41) is 4.52. The first kappa shape index (κ1) is 11.8. The first-order valence-corrected chi connectivity index (χ1v) is 7.30. The van der Waals surface area contributed by atoms with Gasteiger partial charge in [-0.3, -0.25) is 0 Å². The molecule has 0 radical (unpaired) electrons. The topological polar surface area (TPSA) is 12.0 Å². The lowest BCUT2D eigenvalue weighted by molar-refractivity contribution is 0.744. The number of thioether (sulfide) groups is 1. The van der Waals surface area contributed by atoms with Crippen LogP contribution in [0.15, 0.2) is 24.3 Å². The second-order valence-corrected chi connectivity index (χ2v) is 6.10. The van der Waals surface area contributed by atoms with Gasteiger partial charge in [-0.1, -0.05) is 38.5 Å². The maximum absolute atomic E-state index is 3.70. The molecule has 1 aliphatic heterocycles. The Hall–Kier alpha value is -0.630. The van der Waals surface area contributed by atoms with Crippen LogP contribution in [0.3, 0.4) is 0 Å². The molecule has 88 valence electrons. The van der Waals surface area contributed by atoms with E-state index in [-0.39, 0.29) is 0 Å². The normalized spacial score (nSPS) is 24.6. The van der Waals surface area contributed by atoms with E-state index in [2.05, 4.69) is 55.2 Å². The number of aryl methyl sites for hydroxylation is 1. The maximum Gasteiger partial charge on any atom is 0.0375 e. The van der Waals surface area contributed by atoms with Crippen LogP contribution < -0.4 is 5.32 Å². The molecule has 0 aromatic heterocycles. The third-order valence-corrected chi connectivity index (χ3v) is 4.45. The molecule has 1 fully saturated rings. The summed E-state index contributed by atoms with van der Waals surface area (Å²) in [6, 6.07) is 9.41. The zero-order chi connectivity index (χ0) is 11.4. The quantitative estimate of drug-likeness (QED) is 0.848. The third kappa shape index (κ3) is 2.94. The van der Waals surface area contributed by atoms with Crippen molar-refractivity contribution in [3.05, 3.63) is 29.8 Å². The molecule has 0 amide bonds. The van der Waals surface area contributed by atoms with Crippen LogP contribution in [0.2, 0.25) is 0 Å². The number of hydrogen-bond donors (Lipinski definition) is 1. The molecular weight excluding hydrogens is 214 g/mol. The van der Waals surface area contributed by atoms with Crippen LogP contribution in [0.4, 0.5) is 5.69 Å². The van der Waals surface area contributed by atoms with Crippen molar-refractivity contribution in [2.45, 2.75) is 44.4 Å².